The van der Waals surface area contributed by atoms with E-state index >= 15 is 0 Å². The van der Waals surface area contributed by atoms with Gasteiger partial charge in [0.25, 0.3) is 0 Å². The molecule has 0 heterocycles. The van der Waals surface area contributed by atoms with Crippen LogP contribution in [0.4, 0.5) is 5.69 Å². The van der Waals surface area contributed by atoms with Gasteiger partial charge in [0, 0.05) is 21.9 Å². The molecule has 0 spiro atoms. The average molecular weight is 223 g/mol. The number of nitrogens with two attached hydrogens (primary N) is 1. The van der Waals surface area contributed by atoms with Crippen molar-refractivity contribution < 1.29 is 9.90 Å². The first-order valence-corrected chi connectivity index (χ1v) is 5.39. The molecule has 3 N–H and O–H groups in total. The third kappa shape index (κ3) is 3.32. The number of carboxylic acids is 1. The van der Waals surface area contributed by atoms with E-state index in [2.05, 4.69) is 6.58 Å². The zero-order valence-corrected chi connectivity index (χ0v) is 9.30. The number of aryl methyl sites for hydroxylation is 1. The first-order chi connectivity index (χ1) is 7.00. The second-order valence-electron chi connectivity index (χ2n) is 3.24. The third-order valence-corrected chi connectivity index (χ3v) is 3.05. The van der Waals surface area contributed by atoms with Gasteiger partial charge in [0.05, 0.1) is 0 Å². The maximum atomic E-state index is 10.5. The number of hydrogen-bond donors (Lipinski definition) is 2. The van der Waals surface area contributed by atoms with E-state index in [1.165, 1.54) is 11.8 Å². The Kier molecular flexibility index (Phi) is 3.80. The summed E-state index contributed by atoms with van der Waals surface area (Å²) in [6, 6.07) is 5.71. The first kappa shape index (κ1) is 11.7. The predicted octanol–water partition coefficient (Wildman–Crippen LogP) is 2.31. The SMILES string of the molecule is C=C(CSc1ccc(C)cc1N)C(=O)O. The fourth-order valence-electron chi connectivity index (χ4n) is 1.03. The summed E-state index contributed by atoms with van der Waals surface area (Å²) in [7, 11) is 0. The standard InChI is InChI=1S/C11H13NO2S/c1-7-3-4-10(9(12)5-7)15-6-8(2)11(13)14/h3-5H,2,6,12H2,1H3,(H,13,14). The molecule has 1 aromatic rings. The average Bonchev–Trinajstić information content (AvgIpc) is 2.15. The number of carbonyl (C=O) groups is 1. The minimum absolute atomic E-state index is 0.181. The van der Waals surface area contributed by atoms with E-state index in [9.17, 15) is 4.79 Å². The van der Waals surface area contributed by atoms with Gasteiger partial charge in [-0.3, -0.25) is 0 Å². The van der Waals surface area contributed by atoms with Crippen molar-refractivity contribution in [2.24, 2.45) is 0 Å². The smallest absolute Gasteiger partial charge is 0.331 e. The zero-order chi connectivity index (χ0) is 11.4. The summed E-state index contributed by atoms with van der Waals surface area (Å²) in [4.78, 5) is 11.4. The highest BCUT2D eigenvalue weighted by Gasteiger charge is 2.06. The van der Waals surface area contributed by atoms with Crippen molar-refractivity contribution in [3.8, 4) is 0 Å². The van der Waals surface area contributed by atoms with Crippen LogP contribution in [0.2, 0.25) is 0 Å². The number of aliphatic carboxylic acids is 1. The molecule has 0 saturated carbocycles. The summed E-state index contributed by atoms with van der Waals surface area (Å²) < 4.78 is 0. The molecule has 0 unspecified atom stereocenters. The molecule has 80 valence electrons. The van der Waals surface area contributed by atoms with Gasteiger partial charge in [-0.2, -0.15) is 0 Å². The summed E-state index contributed by atoms with van der Waals surface area (Å²) in [6.07, 6.45) is 0. The second kappa shape index (κ2) is 4.89. The highest BCUT2D eigenvalue weighted by atomic mass is 32.2. The molecule has 0 atom stereocenters. The minimum Gasteiger partial charge on any atom is -0.478 e. The lowest BCUT2D eigenvalue weighted by molar-refractivity contribution is -0.132. The van der Waals surface area contributed by atoms with E-state index in [1.54, 1.807) is 0 Å². The number of hydrogen-bond acceptors (Lipinski definition) is 3. The lowest BCUT2D eigenvalue weighted by Crippen LogP contribution is -2.01. The number of anilines is 1. The summed E-state index contributed by atoms with van der Waals surface area (Å²) in [5.74, 6) is -0.615. The second-order valence-corrected chi connectivity index (χ2v) is 4.26. The van der Waals surface area contributed by atoms with Gasteiger partial charge >= 0.3 is 5.97 Å². The van der Waals surface area contributed by atoms with Gasteiger partial charge in [-0.05, 0) is 24.6 Å². The Labute approximate surface area is 93.0 Å². The predicted molar refractivity (Wildman–Crippen MR) is 63.1 cm³/mol. The molecule has 4 heteroatoms. The Bertz CT molecular complexity index is 402. The summed E-state index contributed by atoms with van der Waals surface area (Å²) in [5.41, 5.74) is 7.74. The van der Waals surface area contributed by atoms with E-state index < -0.39 is 5.97 Å². The Morgan fingerprint density at radius 1 is 1.60 bits per heavy atom. The number of thioether (sulfide) groups is 1. The monoisotopic (exact) mass is 223 g/mol. The quantitative estimate of drug-likeness (QED) is 0.467. The maximum Gasteiger partial charge on any atom is 0.331 e. The molecule has 0 aliphatic rings. The van der Waals surface area contributed by atoms with Crippen LogP contribution in [0.25, 0.3) is 0 Å². The molecular weight excluding hydrogens is 210 g/mol. The largest absolute Gasteiger partial charge is 0.478 e. The van der Waals surface area contributed by atoms with Crippen LogP contribution in [0, 0.1) is 6.92 Å². The van der Waals surface area contributed by atoms with Crippen LogP contribution < -0.4 is 5.73 Å². The van der Waals surface area contributed by atoms with Crippen molar-refractivity contribution in [1.29, 1.82) is 0 Å². The van der Waals surface area contributed by atoms with Gasteiger partial charge < -0.3 is 10.8 Å². The van der Waals surface area contributed by atoms with Crippen molar-refractivity contribution in [2.75, 3.05) is 11.5 Å². The number of carboxylic acid groups (broad SMARTS) is 1. The molecule has 3 nitrogen and oxygen atoms in total. The molecule has 0 aromatic heterocycles. The molecule has 0 radical (unpaired) electrons. The Hall–Kier alpha value is -1.42. The molecule has 0 bridgehead atoms. The van der Waals surface area contributed by atoms with Gasteiger partial charge in [-0.25, -0.2) is 4.79 Å². The highest BCUT2D eigenvalue weighted by Crippen LogP contribution is 2.26. The molecule has 0 amide bonds. The van der Waals surface area contributed by atoms with Gasteiger partial charge in [0.1, 0.15) is 0 Å². The van der Waals surface area contributed by atoms with Gasteiger partial charge in [-0.1, -0.05) is 12.6 Å². The van der Waals surface area contributed by atoms with Crippen LogP contribution in [-0.2, 0) is 4.79 Å². The van der Waals surface area contributed by atoms with Crippen LogP contribution >= 0.6 is 11.8 Å². The van der Waals surface area contributed by atoms with Crippen LogP contribution in [0.15, 0.2) is 35.2 Å². The number of benzene rings is 1. The lowest BCUT2D eigenvalue weighted by Gasteiger charge is -2.05. The fraction of sp³-hybridized carbons (Fsp3) is 0.182. The van der Waals surface area contributed by atoms with Crippen LogP contribution in [0.5, 0.6) is 0 Å². The van der Waals surface area contributed by atoms with Crippen molar-refractivity contribution in [3.63, 3.8) is 0 Å². The van der Waals surface area contributed by atoms with Gasteiger partial charge in [0.2, 0.25) is 0 Å². The lowest BCUT2D eigenvalue weighted by atomic mass is 10.2. The molecule has 1 rings (SSSR count). The van der Waals surface area contributed by atoms with Crippen LogP contribution in [0.3, 0.4) is 0 Å². The molecular formula is C11H13NO2S. The van der Waals surface area contributed by atoms with Crippen molar-refractivity contribution in [1.82, 2.24) is 0 Å². The third-order valence-electron chi connectivity index (χ3n) is 1.87. The van der Waals surface area contributed by atoms with Crippen molar-refractivity contribution in [3.05, 3.63) is 35.9 Å². The van der Waals surface area contributed by atoms with Gasteiger partial charge in [-0.15, -0.1) is 11.8 Å². The topological polar surface area (TPSA) is 63.3 Å². The molecule has 0 saturated heterocycles. The van der Waals surface area contributed by atoms with Crippen LogP contribution in [0.1, 0.15) is 5.56 Å². The molecule has 0 aliphatic carbocycles. The first-order valence-electron chi connectivity index (χ1n) is 4.40. The van der Waals surface area contributed by atoms with E-state index in [4.69, 9.17) is 10.8 Å². The van der Waals surface area contributed by atoms with E-state index in [1.807, 2.05) is 25.1 Å². The van der Waals surface area contributed by atoms with E-state index in [0.29, 0.717) is 11.4 Å². The minimum atomic E-state index is -0.965. The number of rotatable bonds is 4. The highest BCUT2D eigenvalue weighted by molar-refractivity contribution is 7.99. The normalized spacial score (nSPS) is 9.93. The summed E-state index contributed by atoms with van der Waals surface area (Å²) in [6.45, 7) is 5.41. The van der Waals surface area contributed by atoms with Crippen LogP contribution in [-0.4, -0.2) is 16.8 Å². The maximum absolute atomic E-state index is 10.5. The van der Waals surface area contributed by atoms with Crippen molar-refractivity contribution in [2.45, 2.75) is 11.8 Å². The fourth-order valence-corrected chi connectivity index (χ4v) is 1.87. The molecule has 15 heavy (non-hydrogen) atoms. The van der Waals surface area contributed by atoms with E-state index in [0.717, 1.165) is 10.5 Å². The summed E-state index contributed by atoms with van der Waals surface area (Å²) in [5, 5.41) is 8.63. The molecule has 1 aromatic carbocycles. The van der Waals surface area contributed by atoms with Crippen molar-refractivity contribution >= 4 is 23.4 Å². The zero-order valence-electron chi connectivity index (χ0n) is 8.49. The van der Waals surface area contributed by atoms with Gasteiger partial charge in [0.15, 0.2) is 0 Å². The molecule has 0 fully saturated rings. The Morgan fingerprint density at radius 3 is 2.80 bits per heavy atom. The Balaban J connectivity index is 2.66. The summed E-state index contributed by atoms with van der Waals surface area (Å²) >= 11 is 1.39. The molecule has 0 aliphatic heterocycles. The Morgan fingerprint density at radius 2 is 2.27 bits per heavy atom. The van der Waals surface area contributed by atoms with E-state index in [-0.39, 0.29) is 5.57 Å². The number of nitrogen functional groups attached to an aromatic ring is 1.